The Morgan fingerprint density at radius 3 is 1.92 bits per heavy atom. The molecule has 6 aromatic carbocycles. The highest BCUT2D eigenvalue weighted by atomic mass is 28.3. The number of aromatic nitrogens is 4. The van der Waals surface area contributed by atoms with Crippen LogP contribution in [0.2, 0.25) is 0 Å². The second-order valence-electron chi connectivity index (χ2n) is 12.8. The second-order valence-corrected chi connectivity index (χ2v) is 16.5. The van der Waals surface area contributed by atoms with Gasteiger partial charge >= 0.3 is 0 Å². The lowest BCUT2D eigenvalue weighted by molar-refractivity contribution is 0.671. The number of furan rings is 1. The molecule has 240 valence electrons. The Labute approximate surface area is 295 Å². The molecule has 4 aromatic heterocycles. The zero-order chi connectivity index (χ0) is 33.8. The maximum atomic E-state index is 6.79. The van der Waals surface area contributed by atoms with Gasteiger partial charge in [0.1, 0.15) is 11.2 Å². The topological polar surface area (TPSA) is 56.7 Å². The lowest BCUT2D eigenvalue weighted by Crippen LogP contribution is -2.75. The molecule has 0 bridgehead atoms. The normalized spacial score (nSPS) is 11.9. The first-order valence-corrected chi connectivity index (χ1v) is 19.1. The second kappa shape index (κ2) is 11.8. The summed E-state index contributed by atoms with van der Waals surface area (Å²) in [5.41, 5.74) is 5.89. The van der Waals surface area contributed by atoms with Crippen LogP contribution in [0.25, 0.3) is 61.0 Å². The molecule has 10 aromatic rings. The quantitative estimate of drug-likeness (QED) is 0.133. The van der Waals surface area contributed by atoms with Crippen LogP contribution in [0.3, 0.4) is 0 Å². The molecule has 0 amide bonds. The number of benzene rings is 6. The third-order valence-corrected chi connectivity index (χ3v) is 14.7. The Kier molecular flexibility index (Phi) is 6.75. The summed E-state index contributed by atoms with van der Waals surface area (Å²) in [7, 11) is -3.05. The molecule has 0 atom stereocenters. The zero-order valence-corrected chi connectivity index (χ0v) is 28.5. The molecule has 5 nitrogen and oxygen atoms in total. The van der Waals surface area contributed by atoms with Gasteiger partial charge in [-0.15, -0.1) is 0 Å². The van der Waals surface area contributed by atoms with Crippen LogP contribution in [0.4, 0.5) is 0 Å². The maximum Gasteiger partial charge on any atom is 0.234 e. The van der Waals surface area contributed by atoms with E-state index in [1.807, 2.05) is 12.1 Å². The number of hydrogen-bond donors (Lipinski definition) is 0. The van der Waals surface area contributed by atoms with Gasteiger partial charge in [-0.3, -0.25) is 9.55 Å². The molecule has 10 rings (SSSR count). The molecule has 4 heterocycles. The van der Waals surface area contributed by atoms with E-state index in [1.54, 1.807) is 12.4 Å². The standard InChI is InChI=1S/C45H30N4OSi/c1-3-14-32(15-4-1)51(33-16-5-2-6-17-33,42-24-11-20-36-35-19-8-10-23-41(35)50-44(36)42)43-25-12-21-38(48-43)31-26-27-40-37(30-31)34-18-7-9-22-39(34)49(40)45-46-28-13-29-47-45/h1-30H. The summed E-state index contributed by atoms with van der Waals surface area (Å²) in [4.78, 5) is 14.8. The minimum absolute atomic E-state index is 0.651. The molecule has 0 N–H and O–H groups in total. The van der Waals surface area contributed by atoms with E-state index in [0.717, 1.165) is 60.3 Å². The van der Waals surface area contributed by atoms with Crippen LogP contribution >= 0.6 is 0 Å². The van der Waals surface area contributed by atoms with Crippen molar-refractivity contribution in [2.24, 2.45) is 0 Å². The smallest absolute Gasteiger partial charge is 0.234 e. The highest BCUT2D eigenvalue weighted by molar-refractivity contribution is 7.20. The minimum Gasteiger partial charge on any atom is -0.456 e. The van der Waals surface area contributed by atoms with E-state index >= 15 is 0 Å². The van der Waals surface area contributed by atoms with E-state index in [-0.39, 0.29) is 0 Å². The monoisotopic (exact) mass is 670 g/mol. The van der Waals surface area contributed by atoms with Gasteiger partial charge in [0.05, 0.1) is 16.7 Å². The van der Waals surface area contributed by atoms with E-state index in [0.29, 0.717) is 5.95 Å². The van der Waals surface area contributed by atoms with Crippen molar-refractivity contribution >= 4 is 72.7 Å². The fourth-order valence-electron chi connectivity index (χ4n) is 7.89. The van der Waals surface area contributed by atoms with Crippen LogP contribution in [-0.2, 0) is 0 Å². The van der Waals surface area contributed by atoms with Crippen LogP contribution in [0.5, 0.6) is 0 Å². The van der Waals surface area contributed by atoms with Gasteiger partial charge in [-0.1, -0.05) is 127 Å². The average Bonchev–Trinajstić information content (AvgIpc) is 3.76. The lowest BCUT2D eigenvalue weighted by Gasteiger charge is -2.33. The van der Waals surface area contributed by atoms with Gasteiger partial charge in [-0.2, -0.15) is 0 Å². The fourth-order valence-corrected chi connectivity index (χ4v) is 12.6. The van der Waals surface area contributed by atoms with E-state index < -0.39 is 8.07 Å². The summed E-state index contributed by atoms with van der Waals surface area (Å²) >= 11 is 0. The number of rotatable bonds is 6. The molecular weight excluding hydrogens is 641 g/mol. The van der Waals surface area contributed by atoms with Crippen molar-refractivity contribution in [3.05, 3.63) is 182 Å². The van der Waals surface area contributed by atoms with Crippen LogP contribution in [0, 0.1) is 0 Å². The van der Waals surface area contributed by atoms with Crippen molar-refractivity contribution in [2.45, 2.75) is 0 Å². The van der Waals surface area contributed by atoms with Crippen LogP contribution in [-0.4, -0.2) is 27.6 Å². The van der Waals surface area contributed by atoms with E-state index in [1.165, 1.54) is 15.6 Å². The van der Waals surface area contributed by atoms with Crippen molar-refractivity contribution in [3.63, 3.8) is 0 Å². The predicted octanol–water partition coefficient (Wildman–Crippen LogP) is 7.91. The molecule has 0 unspecified atom stereocenters. The van der Waals surface area contributed by atoms with Crippen LogP contribution in [0.15, 0.2) is 187 Å². The lowest BCUT2D eigenvalue weighted by atomic mass is 10.1. The van der Waals surface area contributed by atoms with E-state index in [9.17, 15) is 0 Å². The van der Waals surface area contributed by atoms with E-state index in [4.69, 9.17) is 9.40 Å². The summed E-state index contributed by atoms with van der Waals surface area (Å²) in [5, 5.41) is 9.23. The number of para-hydroxylation sites is 3. The molecule has 0 fully saturated rings. The van der Waals surface area contributed by atoms with Crippen molar-refractivity contribution in [1.82, 2.24) is 19.5 Å². The highest BCUT2D eigenvalue weighted by Crippen LogP contribution is 2.34. The van der Waals surface area contributed by atoms with Gasteiger partial charge in [-0.25, -0.2) is 9.97 Å². The molecule has 0 aliphatic rings. The maximum absolute atomic E-state index is 6.79. The largest absolute Gasteiger partial charge is 0.456 e. The summed E-state index contributed by atoms with van der Waals surface area (Å²) in [6.45, 7) is 0. The number of hydrogen-bond acceptors (Lipinski definition) is 4. The van der Waals surface area contributed by atoms with Crippen molar-refractivity contribution in [1.29, 1.82) is 0 Å². The van der Waals surface area contributed by atoms with Crippen molar-refractivity contribution in [3.8, 4) is 17.2 Å². The Hall–Kier alpha value is -6.63. The summed E-state index contributed by atoms with van der Waals surface area (Å²) in [6, 6.07) is 60.1. The van der Waals surface area contributed by atoms with Crippen molar-refractivity contribution < 1.29 is 4.42 Å². The first-order valence-electron chi connectivity index (χ1n) is 17.1. The fraction of sp³-hybridized carbons (Fsp3) is 0. The highest BCUT2D eigenvalue weighted by Gasteiger charge is 2.45. The van der Waals surface area contributed by atoms with Crippen molar-refractivity contribution in [2.75, 3.05) is 0 Å². The molecule has 0 aliphatic carbocycles. The summed E-state index contributed by atoms with van der Waals surface area (Å²) in [5.74, 6) is 0.651. The summed E-state index contributed by atoms with van der Waals surface area (Å²) < 4.78 is 8.93. The molecule has 0 spiro atoms. The number of pyridine rings is 1. The Morgan fingerprint density at radius 1 is 0.490 bits per heavy atom. The first-order chi connectivity index (χ1) is 25.3. The van der Waals surface area contributed by atoms with Gasteiger partial charge in [0.25, 0.3) is 0 Å². The third kappa shape index (κ3) is 4.50. The summed E-state index contributed by atoms with van der Waals surface area (Å²) in [6.07, 6.45) is 3.57. The average molecular weight is 671 g/mol. The first kappa shape index (κ1) is 29.3. The third-order valence-electron chi connectivity index (χ3n) is 10.1. The predicted molar refractivity (Wildman–Crippen MR) is 210 cm³/mol. The molecule has 0 saturated carbocycles. The van der Waals surface area contributed by atoms with Gasteiger partial charge < -0.3 is 4.42 Å². The van der Waals surface area contributed by atoms with Gasteiger partial charge in [-0.05, 0) is 58.0 Å². The molecule has 6 heteroatoms. The van der Waals surface area contributed by atoms with Crippen LogP contribution in [0.1, 0.15) is 0 Å². The SMILES string of the molecule is c1ccc([Si](c2ccccc2)(c2cccc(-c3ccc4c(c3)c3ccccc3n4-c3ncccn3)n2)c2cccc3c2oc2ccccc23)cc1. The molecule has 0 radical (unpaired) electrons. The minimum atomic E-state index is -3.05. The number of fused-ring (bicyclic) bond motifs is 6. The number of nitrogens with zero attached hydrogens (tertiary/aromatic N) is 4. The van der Waals surface area contributed by atoms with Gasteiger partial charge in [0, 0.05) is 44.8 Å². The van der Waals surface area contributed by atoms with Gasteiger partial charge in [0.15, 0.2) is 0 Å². The van der Waals surface area contributed by atoms with E-state index in [2.05, 4.69) is 172 Å². The van der Waals surface area contributed by atoms with Crippen LogP contribution < -0.4 is 20.9 Å². The zero-order valence-electron chi connectivity index (χ0n) is 27.5. The molecule has 0 saturated heterocycles. The van der Waals surface area contributed by atoms with Gasteiger partial charge in [0.2, 0.25) is 14.0 Å². The molecule has 51 heavy (non-hydrogen) atoms. The molecule has 0 aliphatic heterocycles. The molecular formula is C45H30N4OSi. The Morgan fingerprint density at radius 2 is 1.14 bits per heavy atom. The Balaban J connectivity index is 1.25. The Bertz CT molecular complexity index is 2830.